The summed E-state index contributed by atoms with van der Waals surface area (Å²) in [5.41, 5.74) is 1.03. The van der Waals surface area contributed by atoms with E-state index in [9.17, 15) is 14.9 Å². The molecule has 0 spiro atoms. The molecule has 0 N–H and O–H groups in total. The van der Waals surface area contributed by atoms with Crippen molar-refractivity contribution in [3.63, 3.8) is 0 Å². The Hall–Kier alpha value is -1.95. The van der Waals surface area contributed by atoms with E-state index in [1.807, 2.05) is 6.92 Å². The largest absolute Gasteiger partial charge is 0.372 e. The first kappa shape index (κ1) is 15.4. The first-order chi connectivity index (χ1) is 10.0. The summed E-state index contributed by atoms with van der Waals surface area (Å²) in [6.45, 7) is 5.49. The SMILES string of the molecule is CCC[C@H]1CN(c2ccc([N+](=O)[O-])cc2C=O)C[C@@H](C)O1. The van der Waals surface area contributed by atoms with Crippen molar-refractivity contribution < 1.29 is 14.5 Å². The molecule has 0 unspecified atom stereocenters. The second-order valence-corrected chi connectivity index (χ2v) is 5.38. The van der Waals surface area contributed by atoms with Gasteiger partial charge in [-0.05, 0) is 19.4 Å². The highest BCUT2D eigenvalue weighted by molar-refractivity contribution is 5.86. The monoisotopic (exact) mass is 292 g/mol. The highest BCUT2D eigenvalue weighted by Gasteiger charge is 2.26. The smallest absolute Gasteiger partial charge is 0.270 e. The van der Waals surface area contributed by atoms with Crippen molar-refractivity contribution >= 4 is 17.7 Å². The van der Waals surface area contributed by atoms with Gasteiger partial charge in [-0.25, -0.2) is 0 Å². The summed E-state index contributed by atoms with van der Waals surface area (Å²) in [5.74, 6) is 0. The van der Waals surface area contributed by atoms with Crippen molar-refractivity contribution in [3.8, 4) is 0 Å². The van der Waals surface area contributed by atoms with E-state index in [-0.39, 0.29) is 17.9 Å². The van der Waals surface area contributed by atoms with Gasteiger partial charge in [0.15, 0.2) is 6.29 Å². The third-order valence-electron chi connectivity index (χ3n) is 3.63. The average Bonchev–Trinajstić information content (AvgIpc) is 2.46. The molecule has 1 aliphatic rings. The number of ether oxygens (including phenoxy) is 1. The van der Waals surface area contributed by atoms with Crippen molar-refractivity contribution in [1.29, 1.82) is 0 Å². The van der Waals surface area contributed by atoms with E-state index in [0.29, 0.717) is 24.9 Å². The number of carbonyl (C=O) groups excluding carboxylic acids is 1. The minimum Gasteiger partial charge on any atom is -0.372 e. The van der Waals surface area contributed by atoms with Crippen LogP contribution in [0.25, 0.3) is 0 Å². The van der Waals surface area contributed by atoms with E-state index in [1.54, 1.807) is 6.07 Å². The number of hydrogen-bond donors (Lipinski definition) is 0. The molecule has 0 aliphatic carbocycles. The number of benzene rings is 1. The second kappa shape index (κ2) is 6.67. The summed E-state index contributed by atoms with van der Waals surface area (Å²) in [4.78, 5) is 23.7. The summed E-state index contributed by atoms with van der Waals surface area (Å²) in [6.07, 6.45) is 2.88. The van der Waals surface area contributed by atoms with Crippen LogP contribution in [0, 0.1) is 10.1 Å². The average molecular weight is 292 g/mol. The summed E-state index contributed by atoms with van der Waals surface area (Å²) in [5, 5.41) is 10.8. The lowest BCUT2D eigenvalue weighted by Crippen LogP contribution is -2.47. The fourth-order valence-electron chi connectivity index (χ4n) is 2.76. The second-order valence-electron chi connectivity index (χ2n) is 5.38. The molecular formula is C15H20N2O4. The van der Waals surface area contributed by atoms with Gasteiger partial charge in [-0.2, -0.15) is 0 Å². The van der Waals surface area contributed by atoms with Crippen molar-refractivity contribution in [1.82, 2.24) is 0 Å². The van der Waals surface area contributed by atoms with Crippen LogP contribution in [0.4, 0.5) is 11.4 Å². The van der Waals surface area contributed by atoms with Crippen LogP contribution < -0.4 is 4.90 Å². The number of non-ortho nitro benzene ring substituents is 1. The molecule has 0 saturated carbocycles. The van der Waals surface area contributed by atoms with Crippen LogP contribution in [0.5, 0.6) is 0 Å². The number of carbonyl (C=O) groups is 1. The van der Waals surface area contributed by atoms with Crippen LogP contribution in [-0.4, -0.2) is 36.5 Å². The van der Waals surface area contributed by atoms with Crippen LogP contribution >= 0.6 is 0 Å². The fraction of sp³-hybridized carbons (Fsp3) is 0.533. The number of anilines is 1. The number of aldehydes is 1. The Morgan fingerprint density at radius 1 is 1.48 bits per heavy atom. The molecule has 114 valence electrons. The van der Waals surface area contributed by atoms with Gasteiger partial charge in [-0.3, -0.25) is 14.9 Å². The Bertz CT molecular complexity index is 532. The zero-order valence-corrected chi connectivity index (χ0v) is 12.3. The number of nitrogens with zero attached hydrogens (tertiary/aromatic N) is 2. The van der Waals surface area contributed by atoms with E-state index in [4.69, 9.17) is 4.74 Å². The normalized spacial score (nSPS) is 22.1. The van der Waals surface area contributed by atoms with Gasteiger partial charge in [-0.15, -0.1) is 0 Å². The maximum atomic E-state index is 11.3. The van der Waals surface area contributed by atoms with Gasteiger partial charge in [0.05, 0.1) is 17.1 Å². The number of rotatable bonds is 5. The summed E-state index contributed by atoms with van der Waals surface area (Å²) in [6, 6.07) is 4.43. The Kier molecular flexibility index (Phi) is 4.90. The minimum atomic E-state index is -0.487. The Morgan fingerprint density at radius 2 is 2.24 bits per heavy atom. The number of nitro groups is 1. The molecule has 1 aliphatic heterocycles. The van der Waals surface area contributed by atoms with Crippen molar-refractivity contribution in [2.24, 2.45) is 0 Å². The van der Waals surface area contributed by atoms with E-state index in [0.717, 1.165) is 18.5 Å². The third-order valence-corrected chi connectivity index (χ3v) is 3.63. The number of morpholine rings is 1. The Balaban J connectivity index is 2.27. The minimum absolute atomic E-state index is 0.0627. The molecule has 1 aromatic rings. The number of nitro benzene ring substituents is 1. The van der Waals surface area contributed by atoms with Crippen LogP contribution in [0.3, 0.4) is 0 Å². The molecule has 1 heterocycles. The molecular weight excluding hydrogens is 272 g/mol. The van der Waals surface area contributed by atoms with Crippen LogP contribution in [0.2, 0.25) is 0 Å². The fourth-order valence-corrected chi connectivity index (χ4v) is 2.76. The predicted octanol–water partition coefficient (Wildman–Crippen LogP) is 2.80. The maximum absolute atomic E-state index is 11.3. The molecule has 1 saturated heterocycles. The third kappa shape index (κ3) is 3.58. The lowest BCUT2D eigenvalue weighted by Gasteiger charge is -2.38. The molecule has 2 rings (SSSR count). The molecule has 1 fully saturated rings. The van der Waals surface area contributed by atoms with E-state index < -0.39 is 4.92 Å². The molecule has 0 amide bonds. The van der Waals surface area contributed by atoms with Gasteiger partial charge in [0.1, 0.15) is 0 Å². The number of hydrogen-bond acceptors (Lipinski definition) is 5. The Morgan fingerprint density at radius 3 is 2.86 bits per heavy atom. The molecule has 2 atom stereocenters. The van der Waals surface area contributed by atoms with Gasteiger partial charge >= 0.3 is 0 Å². The molecule has 1 aromatic carbocycles. The molecule has 0 aromatic heterocycles. The van der Waals surface area contributed by atoms with E-state index in [1.165, 1.54) is 12.1 Å². The molecule has 0 radical (unpaired) electrons. The molecule has 0 bridgehead atoms. The van der Waals surface area contributed by atoms with Crippen LogP contribution in [-0.2, 0) is 4.74 Å². The summed E-state index contributed by atoms with van der Waals surface area (Å²) < 4.78 is 5.88. The standard InChI is InChI=1S/C15H20N2O4/c1-3-4-14-9-16(8-11(2)21-14)15-6-5-13(17(19)20)7-12(15)10-18/h5-7,10-11,14H,3-4,8-9H2,1-2H3/t11-,14+/m1/s1. The summed E-state index contributed by atoms with van der Waals surface area (Å²) in [7, 11) is 0. The summed E-state index contributed by atoms with van der Waals surface area (Å²) >= 11 is 0. The van der Waals surface area contributed by atoms with Crippen LogP contribution in [0.15, 0.2) is 18.2 Å². The lowest BCUT2D eigenvalue weighted by atomic mass is 10.1. The van der Waals surface area contributed by atoms with Crippen molar-refractivity contribution in [3.05, 3.63) is 33.9 Å². The van der Waals surface area contributed by atoms with Gasteiger partial charge in [0.2, 0.25) is 0 Å². The lowest BCUT2D eigenvalue weighted by molar-refractivity contribution is -0.384. The highest BCUT2D eigenvalue weighted by atomic mass is 16.6. The van der Waals surface area contributed by atoms with E-state index >= 15 is 0 Å². The molecule has 6 heteroatoms. The van der Waals surface area contributed by atoms with Gasteiger partial charge in [0.25, 0.3) is 5.69 Å². The molecule has 6 nitrogen and oxygen atoms in total. The zero-order chi connectivity index (χ0) is 15.4. The Labute approximate surface area is 123 Å². The molecule has 21 heavy (non-hydrogen) atoms. The highest BCUT2D eigenvalue weighted by Crippen LogP contribution is 2.27. The van der Waals surface area contributed by atoms with Gasteiger partial charge < -0.3 is 9.64 Å². The van der Waals surface area contributed by atoms with Gasteiger partial charge in [-0.1, -0.05) is 13.3 Å². The first-order valence-corrected chi connectivity index (χ1v) is 7.19. The van der Waals surface area contributed by atoms with Crippen molar-refractivity contribution in [2.75, 3.05) is 18.0 Å². The predicted molar refractivity (Wildman–Crippen MR) is 79.9 cm³/mol. The topological polar surface area (TPSA) is 72.7 Å². The van der Waals surface area contributed by atoms with Crippen LogP contribution in [0.1, 0.15) is 37.0 Å². The van der Waals surface area contributed by atoms with E-state index in [2.05, 4.69) is 11.8 Å². The first-order valence-electron chi connectivity index (χ1n) is 7.19. The zero-order valence-electron chi connectivity index (χ0n) is 12.3. The maximum Gasteiger partial charge on any atom is 0.270 e. The quantitative estimate of drug-likeness (QED) is 0.474. The van der Waals surface area contributed by atoms with Gasteiger partial charge in [0, 0.05) is 36.5 Å². The van der Waals surface area contributed by atoms with Crippen molar-refractivity contribution in [2.45, 2.75) is 38.9 Å².